The number of hydrogen-bond acceptors (Lipinski definition) is 1. The van der Waals surface area contributed by atoms with Gasteiger partial charge in [0, 0.05) is 10.5 Å². The number of rotatable bonds is 1. The zero-order valence-corrected chi connectivity index (χ0v) is 12.0. The average molecular weight is 239 g/mol. The second kappa shape index (κ2) is 4.01. The van der Waals surface area contributed by atoms with E-state index in [4.69, 9.17) is 5.50 Å². The van der Waals surface area contributed by atoms with Crippen molar-refractivity contribution in [1.82, 2.24) is 0 Å². The van der Waals surface area contributed by atoms with Crippen LogP contribution in [-0.2, 0) is 4.57 Å². The van der Waals surface area contributed by atoms with Crippen LogP contribution in [0.5, 0.6) is 0 Å². The van der Waals surface area contributed by atoms with Crippen molar-refractivity contribution in [2.45, 2.75) is 46.7 Å². The highest BCUT2D eigenvalue weighted by Gasteiger charge is 2.36. The third-order valence-electron chi connectivity index (χ3n) is 2.96. The Balaban J connectivity index is 3.52. The summed E-state index contributed by atoms with van der Waals surface area (Å²) in [5.74, 6) is 0. The molecule has 0 amide bonds. The maximum absolute atomic E-state index is 12.8. The Labute approximate surface area is 98.7 Å². The van der Waals surface area contributed by atoms with Gasteiger partial charge in [-0.25, -0.2) is 0 Å². The summed E-state index contributed by atoms with van der Waals surface area (Å²) in [5.41, 5.74) is 9.39. The first-order chi connectivity index (χ1) is 7.07. The molecule has 2 N–H and O–H groups in total. The third kappa shape index (κ3) is 2.23. The Morgan fingerprint density at radius 1 is 1.06 bits per heavy atom. The maximum Gasteiger partial charge on any atom is 0.179 e. The lowest BCUT2D eigenvalue weighted by molar-refractivity contribution is 0.557. The molecule has 0 aliphatic carbocycles. The molecule has 0 heterocycles. The molecule has 0 radical (unpaired) electrons. The monoisotopic (exact) mass is 239 g/mol. The van der Waals surface area contributed by atoms with E-state index in [1.54, 1.807) is 0 Å². The van der Waals surface area contributed by atoms with Gasteiger partial charge in [-0.3, -0.25) is 5.50 Å². The molecule has 0 aliphatic rings. The summed E-state index contributed by atoms with van der Waals surface area (Å²) in [4.78, 5) is 0. The lowest BCUT2D eigenvalue weighted by Crippen LogP contribution is -2.31. The lowest BCUT2D eigenvalue weighted by Gasteiger charge is -2.30. The first-order valence-electron chi connectivity index (χ1n) is 5.54. The molecule has 3 heteroatoms. The van der Waals surface area contributed by atoms with Crippen molar-refractivity contribution in [3.63, 3.8) is 0 Å². The second-order valence-electron chi connectivity index (χ2n) is 5.58. The molecule has 1 unspecified atom stereocenters. The van der Waals surface area contributed by atoms with Crippen LogP contribution in [-0.4, -0.2) is 5.16 Å². The van der Waals surface area contributed by atoms with E-state index in [0.29, 0.717) is 0 Å². The van der Waals surface area contributed by atoms with Gasteiger partial charge in [-0.2, -0.15) is 0 Å². The van der Waals surface area contributed by atoms with Crippen LogP contribution in [0.2, 0.25) is 0 Å². The van der Waals surface area contributed by atoms with Crippen molar-refractivity contribution < 1.29 is 4.57 Å². The van der Waals surface area contributed by atoms with Gasteiger partial charge >= 0.3 is 0 Å². The van der Waals surface area contributed by atoms with E-state index in [1.807, 2.05) is 53.7 Å². The first-order valence-corrected chi connectivity index (χ1v) is 7.32. The fourth-order valence-electron chi connectivity index (χ4n) is 2.03. The molecular formula is C13H22NOP. The zero-order chi connectivity index (χ0) is 12.7. The fraction of sp³-hybridized carbons (Fsp3) is 0.538. The van der Waals surface area contributed by atoms with Gasteiger partial charge in [0.1, 0.15) is 0 Å². The minimum absolute atomic E-state index is 0.391. The summed E-state index contributed by atoms with van der Waals surface area (Å²) in [6.45, 7) is 11.8. The van der Waals surface area contributed by atoms with Crippen LogP contribution in [0, 0.1) is 20.8 Å². The van der Waals surface area contributed by atoms with Crippen molar-refractivity contribution in [2.75, 3.05) is 0 Å². The molecule has 0 saturated carbocycles. The molecule has 1 atom stereocenters. The largest absolute Gasteiger partial charge is 0.301 e. The van der Waals surface area contributed by atoms with Gasteiger partial charge in [-0.05, 0) is 31.9 Å². The van der Waals surface area contributed by atoms with Crippen LogP contribution >= 0.6 is 7.29 Å². The van der Waals surface area contributed by atoms with Gasteiger partial charge in [0.25, 0.3) is 0 Å². The van der Waals surface area contributed by atoms with Crippen LogP contribution in [0.3, 0.4) is 0 Å². The van der Waals surface area contributed by atoms with Gasteiger partial charge in [-0.1, -0.05) is 38.5 Å². The minimum atomic E-state index is -2.82. The zero-order valence-electron chi connectivity index (χ0n) is 11.1. The molecule has 1 aromatic rings. The van der Waals surface area contributed by atoms with E-state index in [9.17, 15) is 4.57 Å². The molecule has 1 rings (SSSR count). The summed E-state index contributed by atoms with van der Waals surface area (Å²) in [5, 5.41) is 0.461. The van der Waals surface area contributed by atoms with Crippen LogP contribution in [0.1, 0.15) is 37.5 Å². The Hall–Kier alpha value is -0.590. The van der Waals surface area contributed by atoms with E-state index >= 15 is 0 Å². The predicted octanol–water partition coefficient (Wildman–Crippen LogP) is 3.27. The predicted molar refractivity (Wildman–Crippen MR) is 71.8 cm³/mol. The van der Waals surface area contributed by atoms with Gasteiger partial charge < -0.3 is 4.57 Å². The standard InChI is InChI=1S/C13H22NOP/c1-9-7-10(2)12(11(3)8-9)16(14,15)13(4,5)6/h7-8H,1-6H3,(H2,14,15). The SMILES string of the molecule is Cc1cc(C)c(P(N)(=O)C(C)(C)C)c(C)c1. The van der Waals surface area contributed by atoms with E-state index in [-0.39, 0.29) is 0 Å². The number of aryl methyl sites for hydroxylation is 3. The molecule has 0 aliphatic heterocycles. The Kier molecular flexibility index (Phi) is 3.38. The summed E-state index contributed by atoms with van der Waals surface area (Å²) >= 11 is 0. The van der Waals surface area contributed by atoms with Gasteiger partial charge in [0.2, 0.25) is 0 Å². The summed E-state index contributed by atoms with van der Waals surface area (Å²) < 4.78 is 12.8. The summed E-state index contributed by atoms with van der Waals surface area (Å²) in [6, 6.07) is 4.10. The molecule has 1 aromatic carbocycles. The topological polar surface area (TPSA) is 43.1 Å². The third-order valence-corrected chi connectivity index (χ3v) is 6.33. The first kappa shape index (κ1) is 13.5. The fourth-order valence-corrected chi connectivity index (χ4v) is 3.88. The molecule has 0 saturated heterocycles. The summed E-state index contributed by atoms with van der Waals surface area (Å²) in [7, 11) is -2.82. The Bertz CT molecular complexity index is 434. The molecule has 0 bridgehead atoms. The number of nitrogens with two attached hydrogens (primary N) is 1. The molecule has 2 nitrogen and oxygen atoms in total. The second-order valence-corrected chi connectivity index (χ2v) is 8.68. The van der Waals surface area contributed by atoms with E-state index in [2.05, 4.69) is 0 Å². The van der Waals surface area contributed by atoms with Gasteiger partial charge in [0.05, 0.1) is 0 Å². The summed E-state index contributed by atoms with van der Waals surface area (Å²) in [6.07, 6.45) is 0. The molecular weight excluding hydrogens is 217 g/mol. The Morgan fingerprint density at radius 3 is 1.75 bits per heavy atom. The average Bonchev–Trinajstić information content (AvgIpc) is 1.97. The highest BCUT2D eigenvalue weighted by Crippen LogP contribution is 2.50. The highest BCUT2D eigenvalue weighted by molar-refractivity contribution is 7.71. The quantitative estimate of drug-likeness (QED) is 0.764. The van der Waals surface area contributed by atoms with Crippen LogP contribution < -0.4 is 10.8 Å². The Morgan fingerprint density at radius 2 is 1.44 bits per heavy atom. The molecule has 0 spiro atoms. The van der Waals surface area contributed by atoms with Crippen LogP contribution in [0.25, 0.3) is 0 Å². The maximum atomic E-state index is 12.8. The van der Waals surface area contributed by atoms with E-state index in [0.717, 1.165) is 16.4 Å². The number of hydrogen-bond donors (Lipinski definition) is 1. The van der Waals surface area contributed by atoms with Crippen molar-refractivity contribution >= 4 is 12.6 Å². The van der Waals surface area contributed by atoms with Gasteiger partial charge in [0.15, 0.2) is 7.29 Å². The molecule has 90 valence electrons. The van der Waals surface area contributed by atoms with E-state index in [1.165, 1.54) is 5.56 Å². The molecule has 16 heavy (non-hydrogen) atoms. The molecule has 0 aromatic heterocycles. The highest BCUT2D eigenvalue weighted by atomic mass is 31.2. The smallest absolute Gasteiger partial charge is 0.179 e. The van der Waals surface area contributed by atoms with Gasteiger partial charge in [-0.15, -0.1) is 0 Å². The van der Waals surface area contributed by atoms with Crippen molar-refractivity contribution in [1.29, 1.82) is 0 Å². The normalized spacial score (nSPS) is 15.9. The van der Waals surface area contributed by atoms with Crippen molar-refractivity contribution in [3.05, 3.63) is 28.8 Å². The van der Waals surface area contributed by atoms with E-state index < -0.39 is 12.4 Å². The van der Waals surface area contributed by atoms with Crippen LogP contribution in [0.4, 0.5) is 0 Å². The van der Waals surface area contributed by atoms with Crippen molar-refractivity contribution in [3.8, 4) is 0 Å². The number of benzene rings is 1. The molecule has 0 fully saturated rings. The minimum Gasteiger partial charge on any atom is -0.301 e. The lowest BCUT2D eigenvalue weighted by atomic mass is 10.1. The van der Waals surface area contributed by atoms with Crippen LogP contribution in [0.15, 0.2) is 12.1 Å². The van der Waals surface area contributed by atoms with Crippen molar-refractivity contribution in [2.24, 2.45) is 5.50 Å².